The van der Waals surface area contributed by atoms with Crippen LogP contribution in [-0.2, 0) is 11.2 Å². The van der Waals surface area contributed by atoms with E-state index in [1.54, 1.807) is 0 Å². The lowest BCUT2D eigenvalue weighted by molar-refractivity contribution is -0.121. The Kier molecular flexibility index (Phi) is 9.96. The van der Waals surface area contributed by atoms with Gasteiger partial charge in [-0.25, -0.2) is 0 Å². The molecule has 0 aliphatic carbocycles. The molecule has 1 N–H and O–H groups in total. The zero-order valence-electron chi connectivity index (χ0n) is 13.8. The van der Waals surface area contributed by atoms with Crippen molar-refractivity contribution >= 4 is 21.8 Å². The lowest BCUT2D eigenvalue weighted by Crippen LogP contribution is -2.24. The summed E-state index contributed by atoms with van der Waals surface area (Å²) in [5, 5.41) is 2.96. The quantitative estimate of drug-likeness (QED) is 0.565. The summed E-state index contributed by atoms with van der Waals surface area (Å²) >= 11 is 3.52. The normalized spacial score (nSPS) is 10.5. The van der Waals surface area contributed by atoms with Crippen molar-refractivity contribution in [3.8, 4) is 5.75 Å². The van der Waals surface area contributed by atoms with Crippen molar-refractivity contribution in [2.45, 2.75) is 58.8 Å². The van der Waals surface area contributed by atoms with Gasteiger partial charge in [0, 0.05) is 13.0 Å². The predicted octanol–water partition coefficient (Wildman–Crippen LogP) is 4.87. The monoisotopic (exact) mass is 369 g/mol. The highest BCUT2D eigenvalue weighted by Gasteiger charge is 2.04. The van der Waals surface area contributed by atoms with Gasteiger partial charge in [0.05, 0.1) is 11.1 Å². The van der Waals surface area contributed by atoms with Crippen LogP contribution in [0.2, 0.25) is 0 Å². The molecule has 0 saturated carbocycles. The number of carbonyl (C=O) groups is 1. The summed E-state index contributed by atoms with van der Waals surface area (Å²) < 4.78 is 6.70. The topological polar surface area (TPSA) is 38.3 Å². The lowest BCUT2D eigenvalue weighted by Gasteiger charge is -2.09. The van der Waals surface area contributed by atoms with E-state index >= 15 is 0 Å². The van der Waals surface area contributed by atoms with Gasteiger partial charge in [0.1, 0.15) is 5.75 Å². The van der Waals surface area contributed by atoms with Crippen molar-refractivity contribution in [2.24, 2.45) is 0 Å². The summed E-state index contributed by atoms with van der Waals surface area (Å²) in [4.78, 5) is 11.7. The number of unbranched alkanes of at least 4 members (excludes halogenated alkanes) is 3. The van der Waals surface area contributed by atoms with E-state index in [0.29, 0.717) is 13.0 Å². The van der Waals surface area contributed by atoms with Gasteiger partial charge in [-0.3, -0.25) is 4.79 Å². The number of aryl methyl sites for hydroxylation is 1. The van der Waals surface area contributed by atoms with Gasteiger partial charge >= 0.3 is 0 Å². The molecule has 0 aliphatic rings. The molecule has 0 aromatic heterocycles. The number of halogens is 1. The number of amides is 1. The van der Waals surface area contributed by atoms with Gasteiger partial charge < -0.3 is 10.1 Å². The fourth-order valence-corrected chi connectivity index (χ4v) is 2.70. The third-order valence-corrected chi connectivity index (χ3v) is 4.18. The molecule has 1 aromatic rings. The molecule has 0 fully saturated rings. The fourth-order valence-electron chi connectivity index (χ4n) is 2.16. The first-order chi connectivity index (χ1) is 10.7. The summed E-state index contributed by atoms with van der Waals surface area (Å²) in [6.07, 6.45) is 7.02. The highest BCUT2D eigenvalue weighted by atomic mass is 79.9. The molecule has 22 heavy (non-hydrogen) atoms. The zero-order valence-corrected chi connectivity index (χ0v) is 15.4. The minimum atomic E-state index is 0.125. The van der Waals surface area contributed by atoms with Gasteiger partial charge in [0.2, 0.25) is 5.91 Å². The third-order valence-electron chi connectivity index (χ3n) is 3.56. The zero-order chi connectivity index (χ0) is 16.2. The van der Waals surface area contributed by atoms with E-state index in [0.717, 1.165) is 36.0 Å². The Balaban J connectivity index is 2.13. The molecule has 0 bridgehead atoms. The Morgan fingerprint density at radius 1 is 1.18 bits per heavy atom. The molecule has 0 saturated heterocycles. The van der Waals surface area contributed by atoms with Gasteiger partial charge in [-0.05, 0) is 52.9 Å². The van der Waals surface area contributed by atoms with Gasteiger partial charge in [-0.1, -0.05) is 39.2 Å². The maximum Gasteiger partial charge on any atom is 0.220 e. The Labute approximate surface area is 143 Å². The maximum absolute atomic E-state index is 11.7. The second-order valence-corrected chi connectivity index (χ2v) is 6.34. The van der Waals surface area contributed by atoms with Crippen molar-refractivity contribution < 1.29 is 9.53 Å². The Hall–Kier alpha value is -1.03. The molecule has 3 nitrogen and oxygen atoms in total. The first-order valence-corrected chi connectivity index (χ1v) is 9.14. The van der Waals surface area contributed by atoms with E-state index in [1.807, 2.05) is 6.07 Å². The largest absolute Gasteiger partial charge is 0.492 e. The van der Waals surface area contributed by atoms with Crippen LogP contribution in [0.15, 0.2) is 22.7 Å². The van der Waals surface area contributed by atoms with Gasteiger partial charge in [0.15, 0.2) is 0 Å². The van der Waals surface area contributed by atoms with Crippen molar-refractivity contribution in [2.75, 3.05) is 13.2 Å². The predicted molar refractivity (Wildman–Crippen MR) is 95.4 cm³/mol. The van der Waals surface area contributed by atoms with Crippen molar-refractivity contribution in [3.63, 3.8) is 0 Å². The van der Waals surface area contributed by atoms with Gasteiger partial charge in [-0.2, -0.15) is 0 Å². The smallest absolute Gasteiger partial charge is 0.220 e. The standard InChI is InChI=1S/C18H28BrNO2/c1-3-5-6-7-12-20-18(21)9-8-13-22-17-11-10-15(4-2)14-16(17)19/h10-11,14H,3-9,12-13H2,1-2H3,(H,20,21). The summed E-state index contributed by atoms with van der Waals surface area (Å²) in [6.45, 7) is 5.67. The first kappa shape index (κ1) is 19.0. The average molecular weight is 370 g/mol. The SMILES string of the molecule is CCCCCCNC(=O)CCCOc1ccc(CC)cc1Br. The highest BCUT2D eigenvalue weighted by Crippen LogP contribution is 2.26. The minimum Gasteiger partial charge on any atom is -0.492 e. The van der Waals surface area contributed by atoms with Crippen LogP contribution in [0.25, 0.3) is 0 Å². The number of rotatable bonds is 11. The van der Waals surface area contributed by atoms with Crippen LogP contribution in [-0.4, -0.2) is 19.1 Å². The molecular formula is C18H28BrNO2. The van der Waals surface area contributed by atoms with E-state index in [-0.39, 0.29) is 5.91 Å². The molecule has 1 amide bonds. The molecule has 0 atom stereocenters. The first-order valence-electron chi connectivity index (χ1n) is 8.35. The lowest BCUT2D eigenvalue weighted by atomic mass is 10.2. The number of carbonyl (C=O) groups excluding carboxylic acids is 1. The van der Waals surface area contributed by atoms with Crippen molar-refractivity contribution in [3.05, 3.63) is 28.2 Å². The van der Waals surface area contributed by atoms with Gasteiger partial charge in [-0.15, -0.1) is 0 Å². The molecule has 1 rings (SSSR count). The number of hydrogen-bond acceptors (Lipinski definition) is 2. The van der Waals surface area contributed by atoms with Crippen LogP contribution < -0.4 is 10.1 Å². The van der Waals surface area contributed by atoms with E-state index < -0.39 is 0 Å². The molecule has 0 spiro atoms. The molecule has 0 aliphatic heterocycles. The summed E-state index contributed by atoms with van der Waals surface area (Å²) in [7, 11) is 0. The summed E-state index contributed by atoms with van der Waals surface area (Å²) in [6, 6.07) is 6.14. The van der Waals surface area contributed by atoms with Crippen LogP contribution in [0.3, 0.4) is 0 Å². The van der Waals surface area contributed by atoms with Crippen LogP contribution in [0.1, 0.15) is 57.9 Å². The van der Waals surface area contributed by atoms with E-state index in [4.69, 9.17) is 4.74 Å². The molecule has 0 heterocycles. The number of benzene rings is 1. The Morgan fingerprint density at radius 2 is 2.00 bits per heavy atom. The van der Waals surface area contributed by atoms with Crippen molar-refractivity contribution in [1.82, 2.24) is 5.32 Å². The molecule has 1 aromatic carbocycles. The summed E-state index contributed by atoms with van der Waals surface area (Å²) in [5.41, 5.74) is 1.28. The second-order valence-electron chi connectivity index (χ2n) is 5.48. The number of nitrogens with one attached hydrogen (secondary N) is 1. The fraction of sp³-hybridized carbons (Fsp3) is 0.611. The van der Waals surface area contributed by atoms with Crippen molar-refractivity contribution in [1.29, 1.82) is 0 Å². The molecule has 0 radical (unpaired) electrons. The van der Waals surface area contributed by atoms with Crippen LogP contribution in [0, 0.1) is 0 Å². The Bertz CT molecular complexity index is 449. The molecular weight excluding hydrogens is 342 g/mol. The molecule has 124 valence electrons. The van der Waals surface area contributed by atoms with Gasteiger partial charge in [0.25, 0.3) is 0 Å². The second kappa shape index (κ2) is 11.5. The minimum absolute atomic E-state index is 0.125. The molecule has 4 heteroatoms. The third kappa shape index (κ3) is 7.83. The maximum atomic E-state index is 11.7. The average Bonchev–Trinajstić information content (AvgIpc) is 2.52. The highest BCUT2D eigenvalue weighted by molar-refractivity contribution is 9.10. The van der Waals surface area contributed by atoms with E-state index in [2.05, 4.69) is 47.2 Å². The molecule has 0 unspecified atom stereocenters. The van der Waals surface area contributed by atoms with E-state index in [9.17, 15) is 4.79 Å². The summed E-state index contributed by atoms with van der Waals surface area (Å²) in [5.74, 6) is 0.970. The van der Waals surface area contributed by atoms with Crippen LogP contribution in [0.5, 0.6) is 5.75 Å². The Morgan fingerprint density at radius 3 is 2.68 bits per heavy atom. The van der Waals surface area contributed by atoms with E-state index in [1.165, 1.54) is 24.8 Å². The number of hydrogen-bond donors (Lipinski definition) is 1. The number of ether oxygens (including phenoxy) is 1. The van der Waals surface area contributed by atoms with Crippen LogP contribution >= 0.6 is 15.9 Å². The van der Waals surface area contributed by atoms with Crippen LogP contribution in [0.4, 0.5) is 0 Å².